The van der Waals surface area contributed by atoms with E-state index in [1.165, 1.54) is 0 Å². The van der Waals surface area contributed by atoms with Crippen molar-refractivity contribution in [1.82, 2.24) is 0 Å². The largest absolute Gasteiger partial charge is 0.389 e. The summed E-state index contributed by atoms with van der Waals surface area (Å²) in [7, 11) is 3.84. The van der Waals surface area contributed by atoms with Gasteiger partial charge in [0, 0.05) is 26.2 Å². The van der Waals surface area contributed by atoms with Gasteiger partial charge in [0.2, 0.25) is 0 Å². The first kappa shape index (κ1) is 14.2. The molecular formula is C14H19NO3. The zero-order valence-corrected chi connectivity index (χ0v) is 11.1. The molecule has 0 bridgehead atoms. The lowest BCUT2D eigenvalue weighted by Crippen LogP contribution is -2.13. The van der Waals surface area contributed by atoms with E-state index in [1.54, 1.807) is 12.1 Å². The summed E-state index contributed by atoms with van der Waals surface area (Å²) in [4.78, 5) is 24.9. The second kappa shape index (κ2) is 6.79. The van der Waals surface area contributed by atoms with Crippen LogP contribution in [0.2, 0.25) is 0 Å². The van der Waals surface area contributed by atoms with Crippen molar-refractivity contribution in [3.8, 4) is 0 Å². The average molecular weight is 249 g/mol. The molecule has 0 aromatic heterocycles. The standard InChI is InChI=1S/C14H19NO3/c1-4-5-6-13(16)18-14(17)11-7-9-12(10-8-11)15(2)3/h7-10H,4-6H2,1-3H3. The van der Waals surface area contributed by atoms with Crippen LogP contribution in [0.3, 0.4) is 0 Å². The highest BCUT2D eigenvalue weighted by Gasteiger charge is 2.12. The Labute approximate surface area is 108 Å². The first-order valence-electron chi connectivity index (χ1n) is 6.07. The first-order valence-corrected chi connectivity index (χ1v) is 6.07. The van der Waals surface area contributed by atoms with Gasteiger partial charge in [0.15, 0.2) is 0 Å². The number of esters is 2. The Morgan fingerprint density at radius 2 is 1.78 bits per heavy atom. The Morgan fingerprint density at radius 3 is 2.28 bits per heavy atom. The number of ether oxygens (including phenoxy) is 1. The Bertz CT molecular complexity index is 410. The van der Waals surface area contributed by atoms with Crippen LogP contribution in [0, 0.1) is 0 Å². The van der Waals surface area contributed by atoms with Crippen molar-refractivity contribution in [2.45, 2.75) is 26.2 Å². The number of benzene rings is 1. The van der Waals surface area contributed by atoms with Crippen LogP contribution >= 0.6 is 0 Å². The van der Waals surface area contributed by atoms with Gasteiger partial charge >= 0.3 is 11.9 Å². The zero-order valence-electron chi connectivity index (χ0n) is 11.1. The van der Waals surface area contributed by atoms with Gasteiger partial charge in [-0.1, -0.05) is 13.3 Å². The van der Waals surface area contributed by atoms with E-state index in [-0.39, 0.29) is 6.42 Å². The van der Waals surface area contributed by atoms with Crippen LogP contribution in [-0.4, -0.2) is 26.0 Å². The van der Waals surface area contributed by atoms with Crippen molar-refractivity contribution in [2.24, 2.45) is 0 Å². The molecule has 1 aromatic rings. The first-order chi connectivity index (χ1) is 8.54. The molecule has 0 aliphatic heterocycles. The van der Waals surface area contributed by atoms with Gasteiger partial charge in [-0.15, -0.1) is 0 Å². The average Bonchev–Trinajstić information content (AvgIpc) is 2.36. The summed E-state index contributed by atoms with van der Waals surface area (Å²) >= 11 is 0. The summed E-state index contributed by atoms with van der Waals surface area (Å²) in [6, 6.07) is 6.94. The van der Waals surface area contributed by atoms with Crippen LogP contribution in [0.1, 0.15) is 36.5 Å². The Hall–Kier alpha value is -1.84. The number of unbranched alkanes of at least 4 members (excludes halogenated alkanes) is 1. The van der Waals surface area contributed by atoms with E-state index in [4.69, 9.17) is 4.74 Å². The summed E-state index contributed by atoms with van der Waals surface area (Å²) in [6.07, 6.45) is 1.94. The van der Waals surface area contributed by atoms with E-state index < -0.39 is 11.9 Å². The van der Waals surface area contributed by atoms with Crippen molar-refractivity contribution in [2.75, 3.05) is 19.0 Å². The highest BCUT2D eigenvalue weighted by Crippen LogP contribution is 2.13. The highest BCUT2D eigenvalue weighted by atomic mass is 16.6. The lowest BCUT2D eigenvalue weighted by molar-refractivity contribution is -0.138. The van der Waals surface area contributed by atoms with Gasteiger partial charge < -0.3 is 9.64 Å². The minimum Gasteiger partial charge on any atom is -0.389 e. The van der Waals surface area contributed by atoms with Crippen molar-refractivity contribution < 1.29 is 14.3 Å². The van der Waals surface area contributed by atoms with Gasteiger partial charge in [0.05, 0.1) is 5.56 Å². The molecule has 0 atom stereocenters. The second-order valence-electron chi connectivity index (χ2n) is 4.31. The van der Waals surface area contributed by atoms with Gasteiger partial charge in [0.1, 0.15) is 0 Å². The predicted octanol–water partition coefficient (Wildman–Crippen LogP) is 2.63. The summed E-state index contributed by atoms with van der Waals surface area (Å²) < 4.78 is 4.75. The molecule has 18 heavy (non-hydrogen) atoms. The molecule has 4 nitrogen and oxygen atoms in total. The summed E-state index contributed by atoms with van der Waals surface area (Å²) in [5.74, 6) is -1.04. The molecule has 98 valence electrons. The summed E-state index contributed by atoms with van der Waals surface area (Å²) in [6.45, 7) is 1.98. The van der Waals surface area contributed by atoms with E-state index >= 15 is 0 Å². The third-order valence-electron chi connectivity index (χ3n) is 2.56. The maximum Gasteiger partial charge on any atom is 0.345 e. The third-order valence-corrected chi connectivity index (χ3v) is 2.56. The van der Waals surface area contributed by atoms with Crippen molar-refractivity contribution >= 4 is 17.6 Å². The fraction of sp³-hybridized carbons (Fsp3) is 0.429. The van der Waals surface area contributed by atoms with Gasteiger partial charge in [-0.25, -0.2) is 4.79 Å². The summed E-state index contributed by atoms with van der Waals surface area (Å²) in [5.41, 5.74) is 1.38. The second-order valence-corrected chi connectivity index (χ2v) is 4.31. The van der Waals surface area contributed by atoms with Crippen LogP contribution in [0.25, 0.3) is 0 Å². The number of hydrogen-bond donors (Lipinski definition) is 0. The van der Waals surface area contributed by atoms with Gasteiger partial charge in [-0.3, -0.25) is 4.79 Å². The van der Waals surface area contributed by atoms with E-state index in [2.05, 4.69) is 0 Å². The lowest BCUT2D eigenvalue weighted by atomic mass is 10.2. The number of rotatable bonds is 5. The molecule has 0 aliphatic carbocycles. The number of hydrogen-bond acceptors (Lipinski definition) is 4. The van der Waals surface area contributed by atoms with Crippen molar-refractivity contribution in [3.63, 3.8) is 0 Å². The monoisotopic (exact) mass is 249 g/mol. The van der Waals surface area contributed by atoms with Gasteiger partial charge in [-0.05, 0) is 30.7 Å². The molecule has 1 aromatic carbocycles. The fourth-order valence-corrected chi connectivity index (χ4v) is 1.43. The maximum absolute atomic E-state index is 11.6. The van der Waals surface area contributed by atoms with Crippen LogP contribution < -0.4 is 4.90 Å². The van der Waals surface area contributed by atoms with E-state index in [0.29, 0.717) is 5.56 Å². The van der Waals surface area contributed by atoms with Crippen molar-refractivity contribution in [1.29, 1.82) is 0 Å². The molecule has 0 unspecified atom stereocenters. The minimum absolute atomic E-state index is 0.290. The number of anilines is 1. The summed E-state index contributed by atoms with van der Waals surface area (Å²) in [5, 5.41) is 0. The molecule has 0 saturated carbocycles. The SMILES string of the molecule is CCCCC(=O)OC(=O)c1ccc(N(C)C)cc1. The van der Waals surface area contributed by atoms with E-state index in [0.717, 1.165) is 18.5 Å². The molecule has 0 fully saturated rings. The molecule has 0 N–H and O–H groups in total. The highest BCUT2D eigenvalue weighted by molar-refractivity contribution is 5.97. The van der Waals surface area contributed by atoms with Gasteiger partial charge in [-0.2, -0.15) is 0 Å². The number of nitrogens with zero attached hydrogens (tertiary/aromatic N) is 1. The number of carbonyl (C=O) groups is 2. The quantitative estimate of drug-likeness (QED) is 0.594. The Kier molecular flexibility index (Phi) is 5.36. The van der Waals surface area contributed by atoms with Crippen LogP contribution in [0.5, 0.6) is 0 Å². The molecular weight excluding hydrogens is 230 g/mol. The van der Waals surface area contributed by atoms with E-state index in [1.807, 2.05) is 38.1 Å². The van der Waals surface area contributed by atoms with E-state index in [9.17, 15) is 9.59 Å². The number of carbonyl (C=O) groups excluding carboxylic acids is 2. The van der Waals surface area contributed by atoms with Crippen molar-refractivity contribution in [3.05, 3.63) is 29.8 Å². The molecule has 0 spiro atoms. The normalized spacial score (nSPS) is 9.94. The topological polar surface area (TPSA) is 46.6 Å². The minimum atomic E-state index is -0.582. The molecule has 4 heteroatoms. The van der Waals surface area contributed by atoms with Crippen LogP contribution in [0.4, 0.5) is 5.69 Å². The molecule has 0 heterocycles. The molecule has 0 aliphatic rings. The zero-order chi connectivity index (χ0) is 13.5. The lowest BCUT2D eigenvalue weighted by Gasteiger charge is -2.12. The maximum atomic E-state index is 11.6. The van der Waals surface area contributed by atoms with Crippen LogP contribution in [-0.2, 0) is 9.53 Å². The Morgan fingerprint density at radius 1 is 1.17 bits per heavy atom. The molecule has 0 saturated heterocycles. The third kappa shape index (κ3) is 4.20. The predicted molar refractivity (Wildman–Crippen MR) is 70.7 cm³/mol. The van der Waals surface area contributed by atoms with Crippen LogP contribution in [0.15, 0.2) is 24.3 Å². The Balaban J connectivity index is 2.59. The smallest absolute Gasteiger partial charge is 0.345 e. The molecule has 1 rings (SSSR count). The fourth-order valence-electron chi connectivity index (χ4n) is 1.43. The molecule has 0 amide bonds. The van der Waals surface area contributed by atoms with Gasteiger partial charge in [0.25, 0.3) is 0 Å². The molecule has 0 radical (unpaired) electrons.